The maximum Gasteiger partial charge on any atom is 0.203 e. The van der Waals surface area contributed by atoms with Gasteiger partial charge in [0.1, 0.15) is 0 Å². The Bertz CT molecular complexity index is 729. The topological polar surface area (TPSA) is 73.8 Å². The van der Waals surface area contributed by atoms with E-state index >= 15 is 0 Å². The summed E-state index contributed by atoms with van der Waals surface area (Å²) in [5, 5.41) is 3.43. The van der Waals surface area contributed by atoms with E-state index in [1.54, 1.807) is 21.3 Å². The van der Waals surface area contributed by atoms with Gasteiger partial charge < -0.3 is 33.9 Å². The van der Waals surface area contributed by atoms with E-state index in [0.29, 0.717) is 29.9 Å². The molecular weight excluding hydrogens is 410 g/mol. The molecule has 32 heavy (non-hydrogen) atoms. The van der Waals surface area contributed by atoms with Crippen molar-refractivity contribution in [3.05, 3.63) is 17.7 Å². The van der Waals surface area contributed by atoms with E-state index in [2.05, 4.69) is 17.1 Å². The van der Waals surface area contributed by atoms with Gasteiger partial charge in [0.15, 0.2) is 17.5 Å². The maximum absolute atomic E-state index is 6.16. The molecule has 0 bridgehead atoms. The summed E-state index contributed by atoms with van der Waals surface area (Å²) >= 11 is 0. The van der Waals surface area contributed by atoms with Gasteiger partial charge in [0, 0.05) is 31.8 Å². The molecule has 1 aromatic carbocycles. The summed E-state index contributed by atoms with van der Waals surface area (Å²) in [6, 6.07) is 3.86. The molecule has 2 aliphatic heterocycles. The van der Waals surface area contributed by atoms with Crippen molar-refractivity contribution in [2.24, 2.45) is 4.99 Å². The fraction of sp³-hybridized carbons (Fsp3) is 0.708. The van der Waals surface area contributed by atoms with Crippen LogP contribution in [-0.4, -0.2) is 77.2 Å². The third-order valence-corrected chi connectivity index (χ3v) is 6.05. The Kier molecular flexibility index (Phi) is 9.74. The van der Waals surface area contributed by atoms with Gasteiger partial charge in [0.05, 0.1) is 46.7 Å². The van der Waals surface area contributed by atoms with E-state index in [1.807, 2.05) is 12.1 Å². The molecular formula is C24H39N3O5. The minimum Gasteiger partial charge on any atom is -0.493 e. The zero-order chi connectivity index (χ0) is 22.8. The van der Waals surface area contributed by atoms with Crippen LogP contribution >= 0.6 is 0 Å². The van der Waals surface area contributed by atoms with Crippen molar-refractivity contribution in [1.29, 1.82) is 0 Å². The molecule has 0 aromatic heterocycles. The normalized spacial score (nSPS) is 20.2. The van der Waals surface area contributed by atoms with Crippen molar-refractivity contribution >= 4 is 5.96 Å². The van der Waals surface area contributed by atoms with Crippen molar-refractivity contribution in [3.8, 4) is 17.2 Å². The SMILES string of the molecule is CCNC(=NCc1ccc(OC)c(OC)c1OC)N1CCC(OCC2CCCCO2)CC1. The van der Waals surface area contributed by atoms with Crippen molar-refractivity contribution in [2.45, 2.75) is 57.8 Å². The second-order valence-electron chi connectivity index (χ2n) is 8.17. The molecule has 0 amide bonds. The van der Waals surface area contributed by atoms with E-state index in [4.69, 9.17) is 28.7 Å². The predicted octanol–water partition coefficient (Wildman–Crippen LogP) is 3.23. The molecule has 0 radical (unpaired) electrons. The molecule has 2 saturated heterocycles. The van der Waals surface area contributed by atoms with Crippen LogP contribution in [0, 0.1) is 0 Å². The number of methoxy groups -OCH3 is 3. The quantitative estimate of drug-likeness (QED) is 0.458. The number of ether oxygens (including phenoxy) is 5. The maximum atomic E-state index is 6.16. The average molecular weight is 450 g/mol. The summed E-state index contributed by atoms with van der Waals surface area (Å²) in [5.41, 5.74) is 0.950. The minimum atomic E-state index is 0.275. The van der Waals surface area contributed by atoms with Crippen LogP contribution in [0.15, 0.2) is 17.1 Å². The summed E-state index contributed by atoms with van der Waals surface area (Å²) < 4.78 is 28.4. The van der Waals surface area contributed by atoms with Crippen LogP contribution in [-0.2, 0) is 16.0 Å². The molecule has 2 fully saturated rings. The first-order chi connectivity index (χ1) is 15.7. The van der Waals surface area contributed by atoms with E-state index in [9.17, 15) is 0 Å². The molecule has 2 aliphatic rings. The lowest BCUT2D eigenvalue weighted by molar-refractivity contribution is -0.0721. The van der Waals surface area contributed by atoms with Crippen molar-refractivity contribution in [2.75, 3.05) is 54.2 Å². The van der Waals surface area contributed by atoms with Crippen molar-refractivity contribution in [1.82, 2.24) is 10.2 Å². The minimum absolute atomic E-state index is 0.275. The zero-order valence-electron chi connectivity index (χ0n) is 20.0. The number of aliphatic imine (C=N–C) groups is 1. The first-order valence-electron chi connectivity index (χ1n) is 11.7. The Morgan fingerprint density at radius 2 is 1.84 bits per heavy atom. The molecule has 2 heterocycles. The highest BCUT2D eigenvalue weighted by atomic mass is 16.5. The highest BCUT2D eigenvalue weighted by Gasteiger charge is 2.24. The Morgan fingerprint density at radius 1 is 1.06 bits per heavy atom. The Morgan fingerprint density at radius 3 is 2.47 bits per heavy atom. The number of rotatable bonds is 9. The highest BCUT2D eigenvalue weighted by molar-refractivity contribution is 5.80. The van der Waals surface area contributed by atoms with Gasteiger partial charge in [-0.25, -0.2) is 4.99 Å². The van der Waals surface area contributed by atoms with E-state index in [-0.39, 0.29) is 6.10 Å². The summed E-state index contributed by atoms with van der Waals surface area (Å²) in [7, 11) is 4.87. The molecule has 0 spiro atoms. The van der Waals surface area contributed by atoms with Crippen LogP contribution in [0.2, 0.25) is 0 Å². The molecule has 0 aliphatic carbocycles. The van der Waals surface area contributed by atoms with E-state index in [0.717, 1.165) is 63.6 Å². The monoisotopic (exact) mass is 449 g/mol. The van der Waals surface area contributed by atoms with Crippen LogP contribution in [0.3, 0.4) is 0 Å². The van der Waals surface area contributed by atoms with Crippen molar-refractivity contribution < 1.29 is 23.7 Å². The fourth-order valence-electron chi connectivity index (χ4n) is 4.29. The molecule has 3 rings (SSSR count). The summed E-state index contributed by atoms with van der Waals surface area (Å²) in [4.78, 5) is 7.20. The zero-order valence-corrected chi connectivity index (χ0v) is 20.0. The summed E-state index contributed by atoms with van der Waals surface area (Å²) in [5.74, 6) is 2.80. The molecule has 1 atom stereocenters. The van der Waals surface area contributed by atoms with Crippen LogP contribution < -0.4 is 19.5 Å². The number of nitrogens with one attached hydrogen (secondary N) is 1. The Hall–Kier alpha value is -2.19. The van der Waals surface area contributed by atoms with Gasteiger partial charge in [0.2, 0.25) is 5.75 Å². The molecule has 180 valence electrons. The molecule has 1 unspecified atom stereocenters. The number of benzene rings is 1. The molecule has 8 nitrogen and oxygen atoms in total. The lowest BCUT2D eigenvalue weighted by Crippen LogP contribution is -2.47. The van der Waals surface area contributed by atoms with E-state index in [1.165, 1.54) is 12.8 Å². The van der Waals surface area contributed by atoms with Crippen LogP contribution in [0.5, 0.6) is 17.2 Å². The lowest BCUT2D eigenvalue weighted by atomic mass is 10.1. The number of nitrogens with zero attached hydrogens (tertiary/aromatic N) is 2. The Balaban J connectivity index is 1.58. The largest absolute Gasteiger partial charge is 0.493 e. The molecule has 8 heteroatoms. The third kappa shape index (κ3) is 6.42. The first kappa shape index (κ1) is 24.5. The second kappa shape index (κ2) is 12.7. The number of guanidine groups is 1. The van der Waals surface area contributed by atoms with Crippen LogP contribution in [0.4, 0.5) is 0 Å². The highest BCUT2D eigenvalue weighted by Crippen LogP contribution is 2.40. The first-order valence-corrected chi connectivity index (χ1v) is 11.7. The van der Waals surface area contributed by atoms with Crippen LogP contribution in [0.25, 0.3) is 0 Å². The standard InChI is InChI=1S/C24H39N3O5/c1-5-25-24(26-16-18-9-10-21(28-2)23(30-4)22(18)29-3)27-13-11-19(12-14-27)32-17-20-8-6-7-15-31-20/h9-10,19-20H,5-8,11-17H2,1-4H3,(H,25,26). The number of hydrogen-bond acceptors (Lipinski definition) is 6. The fourth-order valence-corrected chi connectivity index (χ4v) is 4.29. The number of hydrogen-bond donors (Lipinski definition) is 1. The van der Waals surface area contributed by atoms with Crippen LogP contribution in [0.1, 0.15) is 44.6 Å². The van der Waals surface area contributed by atoms with Gasteiger partial charge >= 0.3 is 0 Å². The number of piperidine rings is 1. The summed E-state index contributed by atoms with van der Waals surface area (Å²) in [6.45, 7) is 6.83. The average Bonchev–Trinajstić information content (AvgIpc) is 2.85. The smallest absolute Gasteiger partial charge is 0.203 e. The third-order valence-electron chi connectivity index (χ3n) is 6.05. The van der Waals surface area contributed by atoms with Gasteiger partial charge in [-0.05, 0) is 51.2 Å². The van der Waals surface area contributed by atoms with Crippen molar-refractivity contribution in [3.63, 3.8) is 0 Å². The van der Waals surface area contributed by atoms with E-state index < -0.39 is 0 Å². The predicted molar refractivity (Wildman–Crippen MR) is 125 cm³/mol. The van der Waals surface area contributed by atoms with Gasteiger partial charge in [-0.1, -0.05) is 0 Å². The van der Waals surface area contributed by atoms with Gasteiger partial charge in [-0.3, -0.25) is 0 Å². The van der Waals surface area contributed by atoms with Gasteiger partial charge in [-0.15, -0.1) is 0 Å². The van der Waals surface area contributed by atoms with Gasteiger partial charge in [0.25, 0.3) is 0 Å². The molecule has 1 N–H and O–H groups in total. The second-order valence-corrected chi connectivity index (χ2v) is 8.17. The Labute approximate surface area is 192 Å². The lowest BCUT2D eigenvalue weighted by Gasteiger charge is -2.35. The van der Waals surface area contributed by atoms with Gasteiger partial charge in [-0.2, -0.15) is 0 Å². The number of likely N-dealkylation sites (tertiary alicyclic amines) is 1. The molecule has 1 aromatic rings. The molecule has 0 saturated carbocycles. The summed E-state index contributed by atoms with van der Waals surface area (Å²) in [6.07, 6.45) is 6.11.